The standard InChI is InChI=1S/C27H24N4O2S/c32-26-22-15-7-8-16-23(22)28-27(31(26)17-9-14-20-10-3-1-4-11-20)34-19-25-29-24(30-33-25)18-21-12-5-2-6-13-21/h1-8,10-13,15-16H,9,14,17-19H2. The average molecular weight is 469 g/mol. The molecule has 2 aromatic heterocycles. The zero-order valence-corrected chi connectivity index (χ0v) is 19.4. The number of fused-ring (bicyclic) bond motifs is 1. The summed E-state index contributed by atoms with van der Waals surface area (Å²) in [6, 6.07) is 27.8. The summed E-state index contributed by atoms with van der Waals surface area (Å²) in [5.41, 5.74) is 3.07. The maximum Gasteiger partial charge on any atom is 0.262 e. The van der Waals surface area contributed by atoms with Gasteiger partial charge in [0.15, 0.2) is 11.0 Å². The first-order valence-electron chi connectivity index (χ1n) is 11.3. The lowest BCUT2D eigenvalue weighted by atomic mass is 10.1. The fraction of sp³-hybridized carbons (Fsp3) is 0.185. The van der Waals surface area contributed by atoms with Crippen LogP contribution in [0.1, 0.15) is 29.3 Å². The summed E-state index contributed by atoms with van der Waals surface area (Å²) < 4.78 is 7.23. The summed E-state index contributed by atoms with van der Waals surface area (Å²) in [7, 11) is 0. The molecule has 0 aliphatic carbocycles. The number of hydrogen-bond donors (Lipinski definition) is 0. The van der Waals surface area contributed by atoms with Crippen LogP contribution in [0.2, 0.25) is 0 Å². The second-order valence-electron chi connectivity index (χ2n) is 8.01. The topological polar surface area (TPSA) is 73.8 Å². The highest BCUT2D eigenvalue weighted by molar-refractivity contribution is 7.98. The van der Waals surface area contributed by atoms with Crippen LogP contribution in [0.15, 0.2) is 99.4 Å². The number of benzene rings is 3. The normalized spacial score (nSPS) is 11.2. The maximum absolute atomic E-state index is 13.3. The summed E-state index contributed by atoms with van der Waals surface area (Å²) in [6.07, 6.45) is 2.36. The lowest BCUT2D eigenvalue weighted by Crippen LogP contribution is -2.23. The fourth-order valence-electron chi connectivity index (χ4n) is 3.87. The first-order valence-corrected chi connectivity index (χ1v) is 12.3. The first-order chi connectivity index (χ1) is 16.8. The van der Waals surface area contributed by atoms with Gasteiger partial charge in [0, 0.05) is 13.0 Å². The Hall–Kier alpha value is -3.71. The Bertz CT molecular complexity index is 1430. The zero-order valence-electron chi connectivity index (χ0n) is 18.6. The van der Waals surface area contributed by atoms with Crippen LogP contribution in [0.4, 0.5) is 0 Å². The molecule has 0 fully saturated rings. The summed E-state index contributed by atoms with van der Waals surface area (Å²) in [4.78, 5) is 22.6. The number of rotatable bonds is 9. The third-order valence-corrected chi connectivity index (χ3v) is 6.52. The number of para-hydroxylation sites is 1. The Balaban J connectivity index is 1.33. The molecular formula is C27H24N4O2S. The van der Waals surface area contributed by atoms with Crippen LogP contribution in [0.3, 0.4) is 0 Å². The van der Waals surface area contributed by atoms with Crippen molar-refractivity contribution in [3.05, 3.63) is 118 Å². The van der Waals surface area contributed by atoms with Gasteiger partial charge in [0.1, 0.15) is 0 Å². The zero-order chi connectivity index (χ0) is 23.2. The second-order valence-corrected chi connectivity index (χ2v) is 8.96. The summed E-state index contributed by atoms with van der Waals surface area (Å²) in [5, 5.41) is 5.41. The van der Waals surface area contributed by atoms with Gasteiger partial charge in [0.2, 0.25) is 5.89 Å². The number of hydrogen-bond acceptors (Lipinski definition) is 6. The van der Waals surface area contributed by atoms with Crippen molar-refractivity contribution >= 4 is 22.7 Å². The largest absolute Gasteiger partial charge is 0.338 e. The van der Waals surface area contributed by atoms with Gasteiger partial charge in [-0.2, -0.15) is 4.98 Å². The van der Waals surface area contributed by atoms with Crippen LogP contribution in [-0.4, -0.2) is 19.7 Å². The molecule has 0 spiro atoms. The van der Waals surface area contributed by atoms with Crippen molar-refractivity contribution in [1.82, 2.24) is 19.7 Å². The van der Waals surface area contributed by atoms with E-state index in [1.54, 1.807) is 4.57 Å². The summed E-state index contributed by atoms with van der Waals surface area (Å²) >= 11 is 1.45. The lowest BCUT2D eigenvalue weighted by Gasteiger charge is -2.12. The molecule has 0 saturated heterocycles. The van der Waals surface area contributed by atoms with Gasteiger partial charge in [-0.3, -0.25) is 9.36 Å². The molecule has 6 nitrogen and oxygen atoms in total. The predicted molar refractivity (Wildman–Crippen MR) is 134 cm³/mol. The van der Waals surface area contributed by atoms with Crippen LogP contribution < -0.4 is 5.56 Å². The highest BCUT2D eigenvalue weighted by Crippen LogP contribution is 2.22. The molecule has 5 aromatic rings. The Morgan fingerprint density at radius 1 is 0.824 bits per heavy atom. The first kappa shape index (κ1) is 22.1. The van der Waals surface area contributed by atoms with E-state index in [1.165, 1.54) is 17.3 Å². The van der Waals surface area contributed by atoms with Crippen molar-refractivity contribution < 1.29 is 4.52 Å². The van der Waals surface area contributed by atoms with Gasteiger partial charge in [-0.25, -0.2) is 4.98 Å². The fourth-order valence-corrected chi connectivity index (χ4v) is 4.73. The van der Waals surface area contributed by atoms with Gasteiger partial charge in [-0.15, -0.1) is 0 Å². The third kappa shape index (κ3) is 5.26. The van der Waals surface area contributed by atoms with Crippen molar-refractivity contribution in [2.45, 2.75) is 36.7 Å². The van der Waals surface area contributed by atoms with E-state index in [1.807, 2.05) is 72.8 Å². The average Bonchev–Trinajstić information content (AvgIpc) is 3.33. The van der Waals surface area contributed by atoms with E-state index in [-0.39, 0.29) is 5.56 Å². The molecule has 0 radical (unpaired) electrons. The van der Waals surface area contributed by atoms with E-state index in [9.17, 15) is 4.79 Å². The number of nitrogens with zero attached hydrogens (tertiary/aromatic N) is 4. The molecule has 2 heterocycles. The van der Waals surface area contributed by atoms with Crippen LogP contribution in [0, 0.1) is 0 Å². The van der Waals surface area contributed by atoms with Crippen LogP contribution in [-0.2, 0) is 25.1 Å². The van der Waals surface area contributed by atoms with Crippen molar-refractivity contribution in [2.75, 3.05) is 0 Å². The molecule has 0 saturated carbocycles. The molecule has 0 atom stereocenters. The molecule has 34 heavy (non-hydrogen) atoms. The van der Waals surface area contributed by atoms with Gasteiger partial charge >= 0.3 is 0 Å². The highest BCUT2D eigenvalue weighted by Gasteiger charge is 2.14. The molecule has 3 aromatic carbocycles. The molecule has 0 N–H and O–H groups in total. The Morgan fingerprint density at radius 3 is 2.32 bits per heavy atom. The number of aromatic nitrogens is 4. The van der Waals surface area contributed by atoms with Crippen LogP contribution in [0.5, 0.6) is 0 Å². The smallest absolute Gasteiger partial charge is 0.262 e. The van der Waals surface area contributed by atoms with E-state index >= 15 is 0 Å². The Kier molecular flexibility index (Phi) is 6.81. The van der Waals surface area contributed by atoms with E-state index < -0.39 is 0 Å². The minimum atomic E-state index is -0.0172. The molecule has 0 bridgehead atoms. The van der Waals surface area contributed by atoms with Crippen molar-refractivity contribution in [1.29, 1.82) is 0 Å². The molecular weight excluding hydrogens is 444 g/mol. The van der Waals surface area contributed by atoms with Crippen LogP contribution >= 0.6 is 11.8 Å². The number of thioether (sulfide) groups is 1. The molecule has 0 aliphatic rings. The van der Waals surface area contributed by atoms with Crippen LogP contribution in [0.25, 0.3) is 10.9 Å². The monoisotopic (exact) mass is 468 g/mol. The third-order valence-electron chi connectivity index (χ3n) is 5.56. The van der Waals surface area contributed by atoms with Gasteiger partial charge in [0.25, 0.3) is 5.56 Å². The predicted octanol–water partition coefficient (Wildman–Crippen LogP) is 5.30. The Labute approximate surface area is 201 Å². The minimum absolute atomic E-state index is 0.0172. The van der Waals surface area contributed by atoms with Crippen molar-refractivity contribution in [3.8, 4) is 0 Å². The highest BCUT2D eigenvalue weighted by atomic mass is 32.2. The van der Waals surface area contributed by atoms with Crippen molar-refractivity contribution in [2.24, 2.45) is 0 Å². The van der Waals surface area contributed by atoms with Gasteiger partial charge in [-0.1, -0.05) is 89.7 Å². The molecule has 170 valence electrons. The molecule has 7 heteroatoms. The lowest BCUT2D eigenvalue weighted by molar-refractivity contribution is 0.385. The van der Waals surface area contributed by atoms with Gasteiger partial charge in [-0.05, 0) is 36.1 Å². The van der Waals surface area contributed by atoms with Gasteiger partial charge in [0.05, 0.1) is 16.7 Å². The van der Waals surface area contributed by atoms with E-state index in [0.717, 1.165) is 18.4 Å². The molecule has 5 rings (SSSR count). The molecule has 0 aliphatic heterocycles. The summed E-state index contributed by atoms with van der Waals surface area (Å²) in [5.74, 6) is 1.62. The molecule has 0 unspecified atom stereocenters. The Morgan fingerprint density at radius 2 is 1.53 bits per heavy atom. The SMILES string of the molecule is O=c1c2ccccc2nc(SCc2nc(Cc3ccccc3)no2)n1CCCc1ccccc1. The van der Waals surface area contributed by atoms with Gasteiger partial charge < -0.3 is 4.52 Å². The van der Waals surface area contributed by atoms with Crippen molar-refractivity contribution in [3.63, 3.8) is 0 Å². The van der Waals surface area contributed by atoms with E-state index in [4.69, 9.17) is 9.51 Å². The second kappa shape index (κ2) is 10.5. The van der Waals surface area contributed by atoms with E-state index in [0.29, 0.717) is 46.5 Å². The quantitative estimate of drug-likeness (QED) is 0.216. The minimum Gasteiger partial charge on any atom is -0.338 e. The van der Waals surface area contributed by atoms with E-state index in [2.05, 4.69) is 22.3 Å². The summed E-state index contributed by atoms with van der Waals surface area (Å²) in [6.45, 7) is 0.594. The number of aryl methyl sites for hydroxylation is 1. The maximum atomic E-state index is 13.3. The molecule has 0 amide bonds.